The molecule has 9 rings (SSSR count). The van der Waals surface area contributed by atoms with Crippen LogP contribution in [0.4, 0.5) is 11.4 Å². The van der Waals surface area contributed by atoms with E-state index in [0.29, 0.717) is 36.3 Å². The number of carbonyl (C=O) groups is 1. The van der Waals surface area contributed by atoms with Crippen molar-refractivity contribution in [2.45, 2.75) is 51.2 Å². The second kappa shape index (κ2) is 10.9. The molecule has 0 saturated heterocycles. The van der Waals surface area contributed by atoms with Gasteiger partial charge in [-0.3, -0.25) is 10.2 Å². The fourth-order valence-corrected chi connectivity index (χ4v) is 9.65. The molecule has 0 aromatic heterocycles. The van der Waals surface area contributed by atoms with Crippen molar-refractivity contribution in [1.29, 1.82) is 5.41 Å². The summed E-state index contributed by atoms with van der Waals surface area (Å²) >= 11 is 13.1. The lowest BCUT2D eigenvalue weighted by Crippen LogP contribution is -2.71. The van der Waals surface area contributed by atoms with Gasteiger partial charge in [-0.15, -0.1) is 23.2 Å². The van der Waals surface area contributed by atoms with Crippen LogP contribution < -0.4 is 19.3 Å². The first-order valence-electron chi connectivity index (χ1n) is 16.2. The van der Waals surface area contributed by atoms with E-state index in [1.807, 2.05) is 48.5 Å². The zero-order valence-electron chi connectivity index (χ0n) is 26.5. The van der Waals surface area contributed by atoms with Crippen molar-refractivity contribution in [3.8, 4) is 11.5 Å². The van der Waals surface area contributed by atoms with Gasteiger partial charge in [0.05, 0.1) is 0 Å². The fourth-order valence-electron chi connectivity index (χ4n) is 9.15. The third kappa shape index (κ3) is 4.43. The molecular weight excluding hydrogens is 633 g/mol. The van der Waals surface area contributed by atoms with Crippen molar-refractivity contribution in [1.82, 2.24) is 0 Å². The van der Waals surface area contributed by atoms with E-state index in [-0.39, 0.29) is 34.5 Å². The van der Waals surface area contributed by atoms with Gasteiger partial charge in [0.25, 0.3) is 0 Å². The number of esters is 1. The molecule has 0 amide bonds. The molecule has 3 saturated carbocycles. The minimum atomic E-state index is -0.694. The summed E-state index contributed by atoms with van der Waals surface area (Å²) < 4.78 is 11.6. The van der Waals surface area contributed by atoms with E-state index in [9.17, 15) is 9.90 Å². The number of rotatable bonds is 8. The summed E-state index contributed by atoms with van der Waals surface area (Å²) in [5.41, 5.74) is 4.89. The van der Waals surface area contributed by atoms with Crippen molar-refractivity contribution < 1.29 is 19.4 Å². The van der Waals surface area contributed by atoms with Crippen LogP contribution in [0.25, 0.3) is 21.5 Å². The maximum atomic E-state index is 12.1. The minimum Gasteiger partial charge on any atom is -0.443 e. The van der Waals surface area contributed by atoms with Gasteiger partial charge in [0.15, 0.2) is 5.90 Å². The van der Waals surface area contributed by atoms with Gasteiger partial charge in [-0.1, -0.05) is 55.1 Å². The van der Waals surface area contributed by atoms with E-state index < -0.39 is 6.23 Å². The Labute approximate surface area is 284 Å². The number of fused-ring (bicyclic) bond motifs is 6. The van der Waals surface area contributed by atoms with Crippen LogP contribution in [0.5, 0.6) is 11.5 Å². The molecular formula is C38H37Cl2N3O4. The smallest absolute Gasteiger partial charge is 0.308 e. The number of aliphatic hydroxyl groups excluding tert-OH is 1. The quantitative estimate of drug-likeness (QED) is 0.0646. The molecule has 7 nitrogen and oxygen atoms in total. The lowest BCUT2D eigenvalue weighted by atomic mass is 9.33. The monoisotopic (exact) mass is 669 g/mol. The third-order valence-electron chi connectivity index (χ3n) is 11.0. The number of hydrogen-bond donors (Lipinski definition) is 2. The number of hydrogen-bond acceptors (Lipinski definition) is 7. The number of halogens is 2. The number of nitrogens with one attached hydrogen (secondary N) is 1. The molecule has 1 unspecified atom stereocenters. The molecule has 2 heterocycles. The lowest BCUT2D eigenvalue weighted by Gasteiger charge is -2.74. The van der Waals surface area contributed by atoms with Crippen LogP contribution in [-0.2, 0) is 4.79 Å². The maximum absolute atomic E-state index is 12.1. The van der Waals surface area contributed by atoms with Crippen LogP contribution in [0.3, 0.4) is 0 Å². The lowest BCUT2D eigenvalue weighted by molar-refractivity contribution is -0.234. The van der Waals surface area contributed by atoms with Gasteiger partial charge >= 0.3 is 5.97 Å². The molecule has 2 aliphatic heterocycles. The highest BCUT2D eigenvalue weighted by Gasteiger charge is 2.73. The average molecular weight is 671 g/mol. The molecule has 242 valence electrons. The fraction of sp³-hybridized carbons (Fsp3) is 0.368. The largest absolute Gasteiger partial charge is 0.443 e. The number of ether oxygens (including phenoxy) is 2. The SMILES string of the molecule is C=C(N1C[C@@H](CCl)c2c1cc(OC(C)=O)c1ccccc21)C12CC(C(O)N3C[C@@H](CCl)c4c3cc(OC(C)=N)c3ccccc43)(C1)C2. The third-order valence-corrected chi connectivity index (χ3v) is 11.8. The first-order chi connectivity index (χ1) is 22.6. The number of alkyl halides is 2. The van der Waals surface area contributed by atoms with Crippen molar-refractivity contribution in [3.63, 3.8) is 0 Å². The first-order valence-corrected chi connectivity index (χ1v) is 17.2. The molecule has 2 N–H and O–H groups in total. The van der Waals surface area contributed by atoms with Gasteiger partial charge in [0.1, 0.15) is 17.7 Å². The number of allylic oxidation sites excluding steroid dienone is 1. The standard InChI is InChI=1S/C38H37Cl2N3O4/c1-21(42-16-24(14-39)34-29-11-7-5-9-27(29)33(12-30(34)42)47-23(3)44)37-18-38(19-37,20-37)36(45)43-17-25(15-40)35-28-10-6-4-8-26(28)32(13-31(35)43)46-22(2)41/h4-13,24-25,36,41,45H,1,14-20H2,2-3H3/t24-,25-,36?,37?,38?/m1/s1. The van der Waals surface area contributed by atoms with E-state index in [2.05, 4.69) is 28.5 Å². The minimum absolute atomic E-state index is 0.0625. The van der Waals surface area contributed by atoms with Crippen LogP contribution in [0.15, 0.2) is 72.9 Å². The number of benzene rings is 4. The zero-order chi connectivity index (χ0) is 32.8. The topological polar surface area (TPSA) is 86.1 Å². The molecule has 4 aromatic carbocycles. The van der Waals surface area contributed by atoms with Gasteiger partial charge in [-0.05, 0) is 41.2 Å². The van der Waals surface area contributed by atoms with E-state index in [1.54, 1.807) is 6.92 Å². The summed E-state index contributed by atoms with van der Waals surface area (Å²) in [4.78, 5) is 16.4. The van der Waals surface area contributed by atoms with E-state index >= 15 is 0 Å². The van der Waals surface area contributed by atoms with E-state index in [0.717, 1.165) is 63.4 Å². The van der Waals surface area contributed by atoms with Gasteiger partial charge < -0.3 is 24.4 Å². The van der Waals surface area contributed by atoms with Crippen LogP contribution in [-0.4, -0.2) is 48.1 Å². The van der Waals surface area contributed by atoms with Crippen molar-refractivity contribution in [2.75, 3.05) is 34.6 Å². The predicted molar refractivity (Wildman–Crippen MR) is 189 cm³/mol. The summed E-state index contributed by atoms with van der Waals surface area (Å²) in [6, 6.07) is 20.0. The molecule has 9 heteroatoms. The Morgan fingerprint density at radius 3 is 1.96 bits per heavy atom. The molecule has 5 aliphatic rings. The average Bonchev–Trinajstić information content (AvgIpc) is 3.58. The molecule has 3 atom stereocenters. The van der Waals surface area contributed by atoms with Crippen molar-refractivity contribution in [2.24, 2.45) is 10.8 Å². The van der Waals surface area contributed by atoms with Gasteiger partial charge in [0, 0.05) is 101 Å². The predicted octanol–water partition coefficient (Wildman–Crippen LogP) is 8.28. The summed E-state index contributed by atoms with van der Waals surface area (Å²) in [6.45, 7) is 9.03. The Morgan fingerprint density at radius 1 is 0.894 bits per heavy atom. The normalized spacial score (nSPS) is 26.0. The highest BCUT2D eigenvalue weighted by Crippen LogP contribution is 2.78. The molecule has 3 fully saturated rings. The molecule has 4 aromatic rings. The summed E-state index contributed by atoms with van der Waals surface area (Å²) in [7, 11) is 0. The maximum Gasteiger partial charge on any atom is 0.308 e. The second-order valence-corrected chi connectivity index (χ2v) is 14.5. The Morgan fingerprint density at radius 2 is 1.40 bits per heavy atom. The first kappa shape index (κ1) is 30.5. The van der Waals surface area contributed by atoms with E-state index in [4.69, 9.17) is 38.1 Å². The molecule has 3 aliphatic carbocycles. The Balaban J connectivity index is 1.09. The summed E-state index contributed by atoms with van der Waals surface area (Å²) in [6.07, 6.45) is 1.79. The van der Waals surface area contributed by atoms with Gasteiger partial charge in [-0.25, -0.2) is 0 Å². The number of carbonyl (C=O) groups excluding carboxylic acids is 1. The van der Waals surface area contributed by atoms with Gasteiger partial charge in [-0.2, -0.15) is 0 Å². The second-order valence-electron chi connectivity index (χ2n) is 13.9. The number of nitrogens with zero attached hydrogens (tertiary/aromatic N) is 2. The van der Waals surface area contributed by atoms with Crippen LogP contribution in [0.2, 0.25) is 0 Å². The van der Waals surface area contributed by atoms with Crippen LogP contribution in [0, 0.1) is 16.2 Å². The zero-order valence-corrected chi connectivity index (χ0v) is 28.0. The Hall–Kier alpha value is -3.78. The molecule has 0 radical (unpaired) electrons. The number of anilines is 2. The Kier molecular flexibility index (Phi) is 7.07. The summed E-state index contributed by atoms with van der Waals surface area (Å²) in [5, 5.41) is 24.0. The molecule has 0 spiro atoms. The van der Waals surface area contributed by atoms with Crippen LogP contribution >= 0.6 is 23.2 Å². The summed E-state index contributed by atoms with van der Waals surface area (Å²) in [5.74, 6) is 1.99. The molecule has 47 heavy (non-hydrogen) atoms. The highest BCUT2D eigenvalue weighted by molar-refractivity contribution is 6.19. The van der Waals surface area contributed by atoms with Crippen LogP contribution in [0.1, 0.15) is 56.1 Å². The van der Waals surface area contributed by atoms with Gasteiger partial charge in [0.2, 0.25) is 0 Å². The highest BCUT2D eigenvalue weighted by atomic mass is 35.5. The van der Waals surface area contributed by atoms with Crippen molar-refractivity contribution in [3.05, 3.63) is 84.1 Å². The van der Waals surface area contributed by atoms with Crippen molar-refractivity contribution >= 4 is 68.0 Å². The Bertz CT molecular complexity index is 1990. The van der Waals surface area contributed by atoms with E-state index in [1.165, 1.54) is 12.5 Å². The molecule has 2 bridgehead atoms. The number of aliphatic hydroxyl groups is 1.